The molecule has 1 N–H and O–H groups in total. The highest BCUT2D eigenvalue weighted by Crippen LogP contribution is 2.18. The van der Waals surface area contributed by atoms with Crippen molar-refractivity contribution < 1.29 is 0 Å². The Hall–Kier alpha value is -1.89. The van der Waals surface area contributed by atoms with Crippen molar-refractivity contribution in [2.24, 2.45) is 0 Å². The van der Waals surface area contributed by atoms with Crippen LogP contribution in [0, 0.1) is 7.40 Å². The van der Waals surface area contributed by atoms with E-state index in [1.807, 2.05) is 52.9 Å². The largest absolute Gasteiger partial charge is 0.304 e. The SMILES string of the molecule is O=c1[nH]c(-c2cn3nc(I)nc3c(Cc3ccccc3)n2)ncc1I. The van der Waals surface area contributed by atoms with Gasteiger partial charge in [-0.1, -0.05) is 30.3 Å². The number of halogens is 2. The first-order valence-corrected chi connectivity index (χ1v) is 9.47. The number of aromatic nitrogens is 6. The molecule has 4 rings (SSSR count). The maximum absolute atomic E-state index is 11.9. The Labute approximate surface area is 169 Å². The lowest BCUT2D eigenvalue weighted by Gasteiger charge is -2.06. The molecule has 0 saturated carbocycles. The molecule has 0 amide bonds. The first-order chi connectivity index (χ1) is 12.1. The molecule has 0 unspecified atom stereocenters. The number of hydrogen-bond acceptors (Lipinski definition) is 5. The molecule has 0 atom stereocenters. The van der Waals surface area contributed by atoms with Crippen molar-refractivity contribution in [3.63, 3.8) is 0 Å². The molecule has 3 aromatic heterocycles. The highest BCUT2D eigenvalue weighted by atomic mass is 127. The van der Waals surface area contributed by atoms with Gasteiger partial charge in [0, 0.05) is 35.2 Å². The van der Waals surface area contributed by atoms with Gasteiger partial charge < -0.3 is 4.98 Å². The number of hydrogen-bond donors (Lipinski definition) is 1. The molecule has 0 aliphatic rings. The zero-order valence-corrected chi connectivity index (χ0v) is 17.0. The molecular weight excluding hydrogens is 546 g/mol. The van der Waals surface area contributed by atoms with Crippen molar-refractivity contribution in [2.45, 2.75) is 6.42 Å². The summed E-state index contributed by atoms with van der Waals surface area (Å²) in [6.07, 6.45) is 3.87. The number of H-pyrrole nitrogens is 1. The Morgan fingerprint density at radius 1 is 1.12 bits per heavy atom. The van der Waals surface area contributed by atoms with Gasteiger partial charge in [-0.25, -0.2) is 19.5 Å². The van der Waals surface area contributed by atoms with Crippen molar-refractivity contribution in [3.8, 4) is 11.5 Å². The van der Waals surface area contributed by atoms with Crippen LogP contribution in [0.25, 0.3) is 17.2 Å². The number of fused-ring (bicyclic) bond motifs is 1. The molecule has 0 saturated heterocycles. The summed E-state index contributed by atoms with van der Waals surface area (Å²) in [6, 6.07) is 10.0. The van der Waals surface area contributed by atoms with Gasteiger partial charge in [0.1, 0.15) is 5.69 Å². The molecule has 0 aliphatic heterocycles. The van der Waals surface area contributed by atoms with Crippen LogP contribution in [0.1, 0.15) is 11.3 Å². The van der Waals surface area contributed by atoms with Crippen molar-refractivity contribution in [1.82, 2.24) is 29.5 Å². The van der Waals surface area contributed by atoms with Crippen molar-refractivity contribution in [3.05, 3.63) is 71.7 Å². The van der Waals surface area contributed by atoms with Crippen LogP contribution in [-0.4, -0.2) is 29.5 Å². The van der Waals surface area contributed by atoms with E-state index < -0.39 is 0 Å². The molecule has 0 bridgehead atoms. The smallest absolute Gasteiger partial charge is 0.264 e. The van der Waals surface area contributed by atoms with Crippen LogP contribution >= 0.6 is 45.2 Å². The molecule has 1 aromatic carbocycles. The molecular formula is C16H10I2N6O. The summed E-state index contributed by atoms with van der Waals surface area (Å²) in [4.78, 5) is 28.1. The van der Waals surface area contributed by atoms with E-state index in [9.17, 15) is 4.79 Å². The van der Waals surface area contributed by atoms with Gasteiger partial charge in [0.05, 0.1) is 15.5 Å². The summed E-state index contributed by atoms with van der Waals surface area (Å²) in [5.41, 5.74) is 2.96. The highest BCUT2D eigenvalue weighted by Gasteiger charge is 2.14. The predicted molar refractivity (Wildman–Crippen MR) is 109 cm³/mol. The van der Waals surface area contributed by atoms with Crippen molar-refractivity contribution in [2.75, 3.05) is 0 Å². The summed E-state index contributed by atoms with van der Waals surface area (Å²) in [7, 11) is 0. The topological polar surface area (TPSA) is 88.8 Å². The zero-order chi connectivity index (χ0) is 17.4. The number of rotatable bonds is 3. The summed E-state index contributed by atoms with van der Waals surface area (Å²) in [5, 5.41) is 4.37. The maximum Gasteiger partial charge on any atom is 0.264 e. The van der Waals surface area contributed by atoms with E-state index in [0.717, 1.165) is 11.3 Å². The van der Waals surface area contributed by atoms with Crippen LogP contribution in [0.4, 0.5) is 0 Å². The second-order valence-electron chi connectivity index (χ2n) is 5.29. The van der Waals surface area contributed by atoms with Crippen LogP contribution in [0.5, 0.6) is 0 Å². The van der Waals surface area contributed by atoms with Gasteiger partial charge in [-0.05, 0) is 28.2 Å². The Balaban J connectivity index is 1.88. The molecule has 124 valence electrons. The predicted octanol–water partition coefficient (Wildman–Crippen LogP) is 2.67. The third kappa shape index (κ3) is 3.42. The van der Waals surface area contributed by atoms with Crippen molar-refractivity contribution in [1.29, 1.82) is 0 Å². The summed E-state index contributed by atoms with van der Waals surface area (Å²) >= 11 is 4.02. The Kier molecular flexibility index (Phi) is 4.50. The molecule has 4 aromatic rings. The summed E-state index contributed by atoms with van der Waals surface area (Å²) < 4.78 is 2.84. The van der Waals surface area contributed by atoms with Gasteiger partial charge >= 0.3 is 0 Å². The Morgan fingerprint density at radius 2 is 1.92 bits per heavy atom. The molecule has 0 radical (unpaired) electrons. The number of aromatic amines is 1. The second kappa shape index (κ2) is 6.78. The van der Waals surface area contributed by atoms with E-state index >= 15 is 0 Å². The highest BCUT2D eigenvalue weighted by molar-refractivity contribution is 14.1. The molecule has 0 fully saturated rings. The molecule has 0 aliphatic carbocycles. The number of nitrogens with one attached hydrogen (secondary N) is 1. The average Bonchev–Trinajstić information content (AvgIpc) is 2.99. The van der Waals surface area contributed by atoms with E-state index in [1.54, 1.807) is 10.7 Å². The number of nitrogens with zero attached hydrogens (tertiary/aromatic N) is 5. The molecule has 9 heteroatoms. The van der Waals surface area contributed by atoms with Gasteiger partial charge in [-0.15, -0.1) is 5.10 Å². The monoisotopic (exact) mass is 556 g/mol. The van der Waals surface area contributed by atoms with Gasteiger partial charge in [-0.3, -0.25) is 4.79 Å². The molecule has 7 nitrogen and oxygen atoms in total. The van der Waals surface area contributed by atoms with E-state index in [4.69, 9.17) is 0 Å². The summed E-state index contributed by atoms with van der Waals surface area (Å²) in [6.45, 7) is 0. The minimum absolute atomic E-state index is 0.190. The van der Waals surface area contributed by atoms with Crippen LogP contribution in [-0.2, 0) is 6.42 Å². The quantitative estimate of drug-likeness (QED) is 0.393. The fourth-order valence-electron chi connectivity index (χ4n) is 2.46. The first kappa shape index (κ1) is 16.6. The fourth-order valence-corrected chi connectivity index (χ4v) is 3.19. The van der Waals surface area contributed by atoms with Crippen LogP contribution in [0.15, 0.2) is 47.5 Å². The van der Waals surface area contributed by atoms with Crippen molar-refractivity contribution >= 4 is 50.8 Å². The fraction of sp³-hybridized carbons (Fsp3) is 0.0625. The Bertz CT molecular complexity index is 1120. The maximum atomic E-state index is 11.9. The second-order valence-corrected chi connectivity index (χ2v) is 7.42. The first-order valence-electron chi connectivity index (χ1n) is 7.31. The lowest BCUT2D eigenvalue weighted by molar-refractivity contribution is 0.906. The standard InChI is InChI=1S/C16H10I2N6O/c17-10-7-19-13(21-15(10)25)12-8-24-14(22-16(18)23-24)11(20-12)6-9-4-2-1-3-5-9/h1-5,7-8H,6H2,(H,19,21,25). The third-order valence-corrected chi connectivity index (χ3v) is 4.80. The van der Waals surface area contributed by atoms with Gasteiger partial charge in [0.25, 0.3) is 5.56 Å². The van der Waals surface area contributed by atoms with Crippen LogP contribution in [0.2, 0.25) is 0 Å². The van der Waals surface area contributed by atoms with E-state index in [-0.39, 0.29) is 5.56 Å². The van der Waals surface area contributed by atoms with Gasteiger partial charge in [-0.2, -0.15) is 0 Å². The minimum Gasteiger partial charge on any atom is -0.304 e. The van der Waals surface area contributed by atoms with Gasteiger partial charge in [0.15, 0.2) is 11.5 Å². The van der Waals surface area contributed by atoms with E-state index in [2.05, 4.69) is 47.6 Å². The molecule has 0 spiro atoms. The Morgan fingerprint density at radius 3 is 2.68 bits per heavy atom. The lowest BCUT2D eigenvalue weighted by atomic mass is 10.1. The minimum atomic E-state index is -0.190. The molecule has 25 heavy (non-hydrogen) atoms. The van der Waals surface area contributed by atoms with E-state index in [0.29, 0.717) is 31.0 Å². The average molecular weight is 556 g/mol. The zero-order valence-electron chi connectivity index (χ0n) is 12.6. The normalized spacial score (nSPS) is 11.1. The third-order valence-electron chi connectivity index (χ3n) is 3.58. The van der Waals surface area contributed by atoms with Crippen LogP contribution < -0.4 is 5.56 Å². The van der Waals surface area contributed by atoms with Crippen LogP contribution in [0.3, 0.4) is 0 Å². The lowest BCUT2D eigenvalue weighted by Crippen LogP contribution is -2.13. The number of benzene rings is 1. The van der Waals surface area contributed by atoms with Gasteiger partial charge in [0.2, 0.25) is 3.83 Å². The van der Waals surface area contributed by atoms with E-state index in [1.165, 1.54) is 6.20 Å². The molecule has 3 heterocycles. The summed E-state index contributed by atoms with van der Waals surface area (Å²) in [5.74, 6) is 0.409.